The van der Waals surface area contributed by atoms with Crippen molar-refractivity contribution in [3.8, 4) is 0 Å². The van der Waals surface area contributed by atoms with Crippen molar-refractivity contribution in [1.29, 1.82) is 0 Å². The Balaban J connectivity index is 2.24. The Morgan fingerprint density at radius 2 is 1.67 bits per heavy atom. The maximum atomic E-state index is 14.0. The number of rotatable bonds is 19. The third-order valence-corrected chi connectivity index (χ3v) is 9.70. The minimum absolute atomic E-state index is 0.0324. The number of carbonyl (C=O) groups is 4. The van der Waals surface area contributed by atoms with E-state index in [4.69, 9.17) is 19.9 Å². The zero-order valence-electron chi connectivity index (χ0n) is 30.9. The Morgan fingerprint density at radius 1 is 1.02 bits per heavy atom. The van der Waals surface area contributed by atoms with Gasteiger partial charge in [-0.2, -0.15) is 0 Å². The first-order valence-corrected chi connectivity index (χ1v) is 17.6. The molecule has 0 saturated carbocycles. The first-order valence-electron chi connectivity index (χ1n) is 17.6. The van der Waals surface area contributed by atoms with Gasteiger partial charge in [-0.15, -0.1) is 0 Å². The van der Waals surface area contributed by atoms with Crippen LogP contribution in [-0.4, -0.2) is 104 Å². The van der Waals surface area contributed by atoms with Crippen LogP contribution in [0.2, 0.25) is 0 Å². The molecule has 0 radical (unpaired) electrons. The largest absolute Gasteiger partial charge is 0.464 e. The Bertz CT molecular complexity index is 1160. The van der Waals surface area contributed by atoms with Crippen LogP contribution in [0, 0.1) is 23.7 Å². The van der Waals surface area contributed by atoms with E-state index in [0.29, 0.717) is 13.0 Å². The van der Waals surface area contributed by atoms with E-state index in [2.05, 4.69) is 12.2 Å². The summed E-state index contributed by atoms with van der Waals surface area (Å²) in [6.45, 7) is 14.4. The van der Waals surface area contributed by atoms with Crippen LogP contribution < -0.4 is 11.1 Å². The van der Waals surface area contributed by atoms with Crippen molar-refractivity contribution in [3.63, 3.8) is 0 Å². The molecule has 1 aromatic carbocycles. The predicted molar refractivity (Wildman–Crippen MR) is 187 cm³/mol. The number of benzene rings is 1. The van der Waals surface area contributed by atoms with Gasteiger partial charge < -0.3 is 35.1 Å². The standard InChI is InChI=1S/C37H62N4O7/c1-11-25(6)33(40(8)36(44)32(38)24(4)5)30(46-9)21-31(42)41-19-15-18-29(41)34(47-10)26(7)35(43)39-28(37(45)48-22-23(2)3)20-27-16-13-12-14-17-27/h12-14,16-17,23-26,28-30,32-34H,11,15,18-22,38H2,1-10H3,(H,39,43)/t25-,26+,28-,29-,30+,32-,33-,34+/m0/s1. The molecule has 1 saturated heterocycles. The van der Waals surface area contributed by atoms with Crippen LogP contribution >= 0.6 is 0 Å². The molecule has 1 heterocycles. The van der Waals surface area contributed by atoms with Gasteiger partial charge in [0.2, 0.25) is 17.7 Å². The third kappa shape index (κ3) is 11.3. The van der Waals surface area contributed by atoms with Crippen LogP contribution in [-0.2, 0) is 39.8 Å². The number of methoxy groups -OCH3 is 2. The lowest BCUT2D eigenvalue weighted by Gasteiger charge is -2.40. The number of likely N-dealkylation sites (tertiary alicyclic amines) is 1. The van der Waals surface area contributed by atoms with Crippen LogP contribution in [0.3, 0.4) is 0 Å². The Morgan fingerprint density at radius 3 is 2.21 bits per heavy atom. The van der Waals surface area contributed by atoms with E-state index in [9.17, 15) is 19.2 Å². The number of carbonyl (C=O) groups excluding carboxylic acids is 4. The van der Waals surface area contributed by atoms with E-state index >= 15 is 0 Å². The second-order valence-electron chi connectivity index (χ2n) is 14.1. The third-order valence-electron chi connectivity index (χ3n) is 9.70. The molecule has 0 aliphatic carbocycles. The fourth-order valence-electron chi connectivity index (χ4n) is 6.52. The van der Waals surface area contributed by atoms with Gasteiger partial charge >= 0.3 is 5.97 Å². The molecule has 1 aromatic rings. The average Bonchev–Trinajstić information content (AvgIpc) is 3.55. The fourth-order valence-corrected chi connectivity index (χ4v) is 6.52. The van der Waals surface area contributed by atoms with Gasteiger partial charge in [-0.3, -0.25) is 14.4 Å². The molecular formula is C37H62N4O7. The summed E-state index contributed by atoms with van der Waals surface area (Å²) in [6, 6.07) is 7.25. The summed E-state index contributed by atoms with van der Waals surface area (Å²) in [7, 11) is 4.85. The van der Waals surface area contributed by atoms with Crippen molar-refractivity contribution < 1.29 is 33.4 Å². The Hall–Kier alpha value is -3.02. The van der Waals surface area contributed by atoms with Gasteiger partial charge in [-0.1, -0.05) is 85.2 Å². The number of likely N-dealkylation sites (N-methyl/N-ethyl adjacent to an activating group) is 1. The molecule has 1 fully saturated rings. The summed E-state index contributed by atoms with van der Waals surface area (Å²) in [5.74, 6) is -1.64. The van der Waals surface area contributed by atoms with E-state index in [0.717, 1.165) is 18.4 Å². The van der Waals surface area contributed by atoms with Crippen LogP contribution in [0.25, 0.3) is 0 Å². The predicted octanol–water partition coefficient (Wildman–Crippen LogP) is 3.82. The Kier molecular flexibility index (Phi) is 17.0. The highest BCUT2D eigenvalue weighted by Crippen LogP contribution is 2.29. The first-order chi connectivity index (χ1) is 22.7. The first kappa shape index (κ1) is 41.2. The van der Waals surface area contributed by atoms with E-state index in [1.807, 2.05) is 65.0 Å². The van der Waals surface area contributed by atoms with E-state index in [-0.39, 0.29) is 67.0 Å². The van der Waals surface area contributed by atoms with Crippen LogP contribution in [0.4, 0.5) is 0 Å². The lowest BCUT2D eigenvalue weighted by atomic mass is 9.89. The minimum atomic E-state index is -0.872. The molecule has 1 aliphatic rings. The van der Waals surface area contributed by atoms with Crippen molar-refractivity contribution in [2.24, 2.45) is 29.4 Å². The second kappa shape index (κ2) is 19.8. The highest BCUT2D eigenvalue weighted by molar-refractivity contribution is 5.86. The lowest BCUT2D eigenvalue weighted by molar-refractivity contribution is -0.150. The van der Waals surface area contributed by atoms with Crippen LogP contribution in [0.5, 0.6) is 0 Å². The van der Waals surface area contributed by atoms with Crippen molar-refractivity contribution in [2.45, 2.75) is 117 Å². The maximum Gasteiger partial charge on any atom is 0.328 e. The van der Waals surface area contributed by atoms with Gasteiger partial charge in [0.1, 0.15) is 6.04 Å². The number of nitrogens with zero attached hydrogens (tertiary/aromatic N) is 2. The molecule has 2 rings (SSSR count). The van der Waals surface area contributed by atoms with Crippen molar-refractivity contribution in [2.75, 3.05) is 34.4 Å². The fraction of sp³-hybridized carbons (Fsp3) is 0.730. The molecule has 11 heteroatoms. The summed E-state index contributed by atoms with van der Waals surface area (Å²) >= 11 is 0. The Labute approximate surface area is 288 Å². The minimum Gasteiger partial charge on any atom is -0.464 e. The second-order valence-corrected chi connectivity index (χ2v) is 14.1. The quantitative estimate of drug-likeness (QED) is 0.211. The molecule has 0 spiro atoms. The van der Waals surface area contributed by atoms with E-state index < -0.39 is 36.2 Å². The van der Waals surface area contributed by atoms with Crippen molar-refractivity contribution in [3.05, 3.63) is 35.9 Å². The van der Waals surface area contributed by atoms with Crippen molar-refractivity contribution in [1.82, 2.24) is 15.1 Å². The molecular weight excluding hydrogens is 612 g/mol. The summed E-state index contributed by atoms with van der Waals surface area (Å²) in [4.78, 5) is 57.5. The zero-order chi connectivity index (χ0) is 36.1. The number of nitrogens with one attached hydrogen (secondary N) is 1. The zero-order valence-corrected chi connectivity index (χ0v) is 30.9. The van der Waals surface area contributed by atoms with Gasteiger partial charge in [0, 0.05) is 34.2 Å². The van der Waals surface area contributed by atoms with Gasteiger partial charge in [0.15, 0.2) is 0 Å². The molecule has 11 nitrogen and oxygen atoms in total. The van der Waals surface area contributed by atoms with Crippen molar-refractivity contribution >= 4 is 23.7 Å². The van der Waals surface area contributed by atoms with Crippen LogP contribution in [0.15, 0.2) is 30.3 Å². The van der Waals surface area contributed by atoms with Gasteiger partial charge in [0.05, 0.1) is 49.3 Å². The molecule has 48 heavy (non-hydrogen) atoms. The molecule has 0 bridgehead atoms. The summed E-state index contributed by atoms with van der Waals surface area (Å²) < 4.78 is 17.4. The number of hydrogen-bond donors (Lipinski definition) is 2. The molecule has 0 unspecified atom stereocenters. The summed E-state index contributed by atoms with van der Waals surface area (Å²) in [6.07, 6.45) is 1.40. The normalized spacial score (nSPS) is 19.3. The summed E-state index contributed by atoms with van der Waals surface area (Å²) in [5, 5.41) is 2.92. The molecule has 272 valence electrons. The highest BCUT2D eigenvalue weighted by atomic mass is 16.5. The smallest absolute Gasteiger partial charge is 0.328 e. The molecule has 1 aliphatic heterocycles. The molecule has 3 amide bonds. The number of hydrogen-bond acceptors (Lipinski definition) is 8. The molecule has 3 N–H and O–H groups in total. The number of amides is 3. The SMILES string of the molecule is CC[C@H](C)[C@@H]([C@@H](CC(=O)N1CCC[C@H]1[C@H](OC)[C@@H](C)C(=O)N[C@@H](Cc1ccccc1)C(=O)OCC(C)C)OC)N(C)C(=O)[C@@H](N)C(C)C. The van der Waals surface area contributed by atoms with Gasteiger partial charge in [0.25, 0.3) is 0 Å². The lowest BCUT2D eigenvalue weighted by Crippen LogP contribution is -2.56. The van der Waals surface area contributed by atoms with E-state index in [1.54, 1.807) is 38.0 Å². The topological polar surface area (TPSA) is 141 Å². The number of nitrogens with two attached hydrogens (primary N) is 1. The van der Waals surface area contributed by atoms with E-state index in [1.165, 1.54) is 0 Å². The molecule has 8 atom stereocenters. The van der Waals surface area contributed by atoms with Gasteiger partial charge in [-0.25, -0.2) is 4.79 Å². The number of ether oxygens (including phenoxy) is 3. The van der Waals surface area contributed by atoms with Gasteiger partial charge in [-0.05, 0) is 36.2 Å². The molecule has 0 aromatic heterocycles. The van der Waals surface area contributed by atoms with Crippen LogP contribution in [0.1, 0.15) is 79.7 Å². The monoisotopic (exact) mass is 674 g/mol. The maximum absolute atomic E-state index is 14.0. The summed E-state index contributed by atoms with van der Waals surface area (Å²) in [5.41, 5.74) is 7.13. The average molecular weight is 675 g/mol. The highest BCUT2D eigenvalue weighted by Gasteiger charge is 2.43. The number of esters is 1.